The van der Waals surface area contributed by atoms with E-state index in [0.29, 0.717) is 40.1 Å². The fourth-order valence-corrected chi connectivity index (χ4v) is 2.03. The van der Waals surface area contributed by atoms with Crippen LogP contribution in [0.2, 0.25) is 0 Å². The summed E-state index contributed by atoms with van der Waals surface area (Å²) in [5, 5.41) is 30.1. The van der Waals surface area contributed by atoms with Gasteiger partial charge in [-0.3, -0.25) is 0 Å². The molecule has 0 fully saturated rings. The van der Waals surface area contributed by atoms with E-state index in [9.17, 15) is 5.21 Å². The summed E-state index contributed by atoms with van der Waals surface area (Å²) in [4.78, 5) is 5.80. The second-order valence-corrected chi connectivity index (χ2v) is 4.10. The molecule has 2 rings (SSSR count). The topological polar surface area (TPSA) is 110 Å². The summed E-state index contributed by atoms with van der Waals surface area (Å²) in [6.45, 7) is 0.605. The summed E-state index contributed by atoms with van der Waals surface area (Å²) in [5.74, 6) is 0. The lowest BCUT2D eigenvalue weighted by Gasteiger charge is -2.24. The predicted octanol–water partition coefficient (Wildman–Crippen LogP) is -0.759. The number of aliphatic hydroxyl groups excluding tert-OH is 2. The van der Waals surface area contributed by atoms with Crippen molar-refractivity contribution in [3.05, 3.63) is 29.9 Å². The quantitative estimate of drug-likeness (QED) is 0.372. The zero-order valence-electron chi connectivity index (χ0n) is 10.4. The number of aliphatic hydroxyl groups is 2. The second-order valence-electron chi connectivity index (χ2n) is 4.10. The van der Waals surface area contributed by atoms with Crippen LogP contribution >= 0.6 is 0 Å². The zero-order valence-corrected chi connectivity index (χ0v) is 10.4. The van der Waals surface area contributed by atoms with E-state index in [4.69, 9.17) is 15.9 Å². The molecule has 19 heavy (non-hydrogen) atoms. The molecule has 1 aromatic carbocycles. The van der Waals surface area contributed by atoms with E-state index in [1.165, 1.54) is 6.20 Å². The van der Waals surface area contributed by atoms with E-state index in [2.05, 4.69) is 4.98 Å². The molecule has 102 valence electrons. The largest absolute Gasteiger partial charge is 0.711 e. The fraction of sp³-hybridized carbons (Fsp3) is 0.333. The molecule has 0 atom stereocenters. The first-order chi connectivity index (χ1) is 9.17. The van der Waals surface area contributed by atoms with Crippen molar-refractivity contribution in [3.8, 4) is 0 Å². The van der Waals surface area contributed by atoms with Crippen LogP contribution in [0.4, 0.5) is 11.4 Å². The van der Waals surface area contributed by atoms with Crippen LogP contribution in [-0.2, 0) is 0 Å². The van der Waals surface area contributed by atoms with Gasteiger partial charge in [-0.25, -0.2) is 4.73 Å². The van der Waals surface area contributed by atoms with Crippen molar-refractivity contribution in [2.75, 3.05) is 36.9 Å². The van der Waals surface area contributed by atoms with Crippen molar-refractivity contribution in [2.45, 2.75) is 0 Å². The first-order valence-electron chi connectivity index (χ1n) is 5.91. The van der Waals surface area contributed by atoms with Crippen LogP contribution in [-0.4, -0.2) is 41.5 Å². The van der Waals surface area contributed by atoms with Crippen molar-refractivity contribution in [1.29, 1.82) is 0 Å². The molecular weight excluding hydrogens is 248 g/mol. The average molecular weight is 264 g/mol. The van der Waals surface area contributed by atoms with E-state index in [-0.39, 0.29) is 13.2 Å². The maximum absolute atomic E-state index is 11.4. The maximum Gasteiger partial charge on any atom is 0.289 e. The first kappa shape index (κ1) is 13.3. The molecule has 0 saturated heterocycles. The smallest absolute Gasteiger partial charge is 0.289 e. The van der Waals surface area contributed by atoms with Gasteiger partial charge in [0, 0.05) is 13.1 Å². The number of fused-ring (bicyclic) bond motifs is 1. The molecule has 0 unspecified atom stereocenters. The summed E-state index contributed by atoms with van der Waals surface area (Å²) in [5.41, 5.74) is 7.56. The van der Waals surface area contributed by atoms with Crippen LogP contribution in [0.3, 0.4) is 0 Å². The Morgan fingerprint density at radius 3 is 2.58 bits per heavy atom. The monoisotopic (exact) mass is 264 g/mol. The van der Waals surface area contributed by atoms with Crippen LogP contribution in [0.1, 0.15) is 0 Å². The average Bonchev–Trinajstić information content (AvgIpc) is 2.39. The van der Waals surface area contributed by atoms with Crippen LogP contribution < -0.4 is 15.4 Å². The Balaban J connectivity index is 2.58. The summed E-state index contributed by atoms with van der Waals surface area (Å²) in [7, 11) is 0. The molecule has 0 saturated carbocycles. The molecule has 0 radical (unpaired) electrons. The lowest BCUT2D eigenvalue weighted by molar-refractivity contribution is -0.607. The van der Waals surface area contributed by atoms with E-state index >= 15 is 0 Å². The number of aromatic nitrogens is 2. The molecule has 0 aliphatic carbocycles. The van der Waals surface area contributed by atoms with Gasteiger partial charge in [-0.05, 0) is 17.1 Å². The van der Waals surface area contributed by atoms with Crippen molar-refractivity contribution < 1.29 is 14.9 Å². The van der Waals surface area contributed by atoms with Crippen LogP contribution in [0.25, 0.3) is 10.9 Å². The molecular formula is C12H16N4O3. The number of nitrogens with zero attached hydrogens (tertiary/aromatic N) is 3. The van der Waals surface area contributed by atoms with Crippen molar-refractivity contribution in [2.24, 2.45) is 0 Å². The minimum atomic E-state index is -0.0521. The van der Waals surface area contributed by atoms with E-state index in [0.717, 1.165) is 6.33 Å². The highest BCUT2D eigenvalue weighted by molar-refractivity contribution is 5.97. The molecule has 7 nitrogen and oxygen atoms in total. The van der Waals surface area contributed by atoms with Crippen molar-refractivity contribution in [3.63, 3.8) is 0 Å². The number of nitrogens with two attached hydrogens (primary N) is 1. The number of anilines is 2. The van der Waals surface area contributed by atoms with Gasteiger partial charge in [0.15, 0.2) is 0 Å². The predicted molar refractivity (Wildman–Crippen MR) is 71.5 cm³/mol. The summed E-state index contributed by atoms with van der Waals surface area (Å²) in [6, 6.07) is 3.45. The van der Waals surface area contributed by atoms with Crippen molar-refractivity contribution in [1.82, 2.24) is 4.98 Å². The summed E-state index contributed by atoms with van der Waals surface area (Å²) >= 11 is 0. The molecule has 0 amide bonds. The highest BCUT2D eigenvalue weighted by Gasteiger charge is 2.15. The molecule has 0 bridgehead atoms. The minimum absolute atomic E-state index is 0.0521. The van der Waals surface area contributed by atoms with E-state index in [1.807, 2.05) is 0 Å². The number of benzene rings is 1. The van der Waals surface area contributed by atoms with Gasteiger partial charge >= 0.3 is 0 Å². The fourth-order valence-electron chi connectivity index (χ4n) is 2.03. The Morgan fingerprint density at radius 1 is 1.26 bits per heavy atom. The van der Waals surface area contributed by atoms with Gasteiger partial charge in [0.2, 0.25) is 5.52 Å². The zero-order chi connectivity index (χ0) is 13.8. The second kappa shape index (κ2) is 5.68. The molecule has 7 heteroatoms. The lowest BCUT2D eigenvalue weighted by Crippen LogP contribution is -2.31. The Bertz CT molecular complexity index is 570. The van der Waals surface area contributed by atoms with Gasteiger partial charge in [-0.1, -0.05) is 0 Å². The number of hydrogen-bond acceptors (Lipinski definition) is 6. The van der Waals surface area contributed by atoms with Gasteiger partial charge in [0.05, 0.1) is 30.0 Å². The van der Waals surface area contributed by atoms with E-state index in [1.54, 1.807) is 17.0 Å². The number of rotatable bonds is 5. The highest BCUT2D eigenvalue weighted by Crippen LogP contribution is 2.28. The molecule has 0 spiro atoms. The molecule has 0 aliphatic rings. The van der Waals surface area contributed by atoms with Gasteiger partial charge in [0.25, 0.3) is 6.33 Å². The third-order valence-corrected chi connectivity index (χ3v) is 2.86. The third-order valence-electron chi connectivity index (χ3n) is 2.86. The van der Waals surface area contributed by atoms with Gasteiger partial charge in [-0.15, -0.1) is 0 Å². The van der Waals surface area contributed by atoms with E-state index < -0.39 is 0 Å². The van der Waals surface area contributed by atoms with Crippen molar-refractivity contribution >= 4 is 22.3 Å². The normalized spacial score (nSPS) is 10.8. The minimum Gasteiger partial charge on any atom is -0.711 e. The Kier molecular flexibility index (Phi) is 3.98. The third kappa shape index (κ3) is 2.67. The standard InChI is InChI=1S/C12H16N4O3/c13-10-1-2-11(15(3-5-17)4-6-18)9-7-16(19)8-14-12(9)10/h1-2,7-8,17-18H,3-6,13H2. The van der Waals surface area contributed by atoms with Crippen LogP contribution in [0, 0.1) is 5.21 Å². The van der Waals surface area contributed by atoms with Gasteiger partial charge in [0.1, 0.15) is 6.20 Å². The van der Waals surface area contributed by atoms with Gasteiger partial charge in [-0.2, -0.15) is 0 Å². The molecule has 0 aliphatic heterocycles. The summed E-state index contributed by atoms with van der Waals surface area (Å²) in [6.07, 6.45) is 2.53. The Hall–Kier alpha value is -2.12. The summed E-state index contributed by atoms with van der Waals surface area (Å²) < 4.78 is 0.599. The molecule has 1 heterocycles. The molecule has 4 N–H and O–H groups in total. The van der Waals surface area contributed by atoms with Crippen LogP contribution in [0.5, 0.6) is 0 Å². The lowest BCUT2D eigenvalue weighted by atomic mass is 10.1. The Morgan fingerprint density at radius 2 is 1.95 bits per heavy atom. The van der Waals surface area contributed by atoms with Gasteiger partial charge < -0.3 is 26.1 Å². The number of nitrogen functional groups attached to an aromatic ring is 1. The molecule has 1 aromatic heterocycles. The SMILES string of the molecule is Nc1ccc(N(CCO)CCO)c2c[n+]([O-])cnc12. The van der Waals surface area contributed by atoms with Crippen LogP contribution in [0.15, 0.2) is 24.7 Å². The maximum atomic E-state index is 11.4. The number of hydrogen-bond donors (Lipinski definition) is 3. The Labute approximate surface area is 110 Å². The highest BCUT2D eigenvalue weighted by atomic mass is 16.5. The first-order valence-corrected chi connectivity index (χ1v) is 5.91. The molecule has 2 aromatic rings.